The van der Waals surface area contributed by atoms with Gasteiger partial charge in [-0.15, -0.1) is 0 Å². The molecular weight excluding hydrogens is 384 g/mol. The SMILES string of the molecule is Cc1cc(OCC(=O)NCc2c(C)nn(Cc3ccccc3)c2C)ccc1[N+](=O)[O-]. The molecule has 0 radical (unpaired) electrons. The summed E-state index contributed by atoms with van der Waals surface area (Å²) in [5.74, 6) is 0.136. The molecule has 8 heteroatoms. The van der Waals surface area contributed by atoms with E-state index in [1.807, 2.05) is 36.7 Å². The summed E-state index contributed by atoms with van der Waals surface area (Å²) in [7, 11) is 0. The zero-order valence-corrected chi connectivity index (χ0v) is 17.2. The van der Waals surface area contributed by atoms with Crippen molar-refractivity contribution in [3.8, 4) is 5.75 Å². The van der Waals surface area contributed by atoms with E-state index in [1.165, 1.54) is 12.1 Å². The standard InChI is InChI=1S/C22H24N4O4/c1-15-11-19(9-10-21(15)26(28)29)30-14-22(27)23-12-20-16(2)24-25(17(20)3)13-18-7-5-4-6-8-18/h4-11H,12-14H2,1-3H3,(H,23,27). The van der Waals surface area contributed by atoms with Gasteiger partial charge in [0.05, 0.1) is 17.2 Å². The molecule has 0 bridgehead atoms. The van der Waals surface area contributed by atoms with Crippen LogP contribution < -0.4 is 10.1 Å². The Kier molecular flexibility index (Phi) is 6.46. The smallest absolute Gasteiger partial charge is 0.272 e. The summed E-state index contributed by atoms with van der Waals surface area (Å²) in [5, 5.41) is 18.3. The lowest BCUT2D eigenvalue weighted by molar-refractivity contribution is -0.385. The first-order valence-corrected chi connectivity index (χ1v) is 9.56. The summed E-state index contributed by atoms with van der Waals surface area (Å²) in [4.78, 5) is 22.6. The molecule has 0 spiro atoms. The molecule has 30 heavy (non-hydrogen) atoms. The number of hydrogen-bond acceptors (Lipinski definition) is 5. The van der Waals surface area contributed by atoms with Gasteiger partial charge >= 0.3 is 0 Å². The van der Waals surface area contributed by atoms with E-state index < -0.39 is 4.92 Å². The van der Waals surface area contributed by atoms with Gasteiger partial charge in [-0.3, -0.25) is 19.6 Å². The molecular formula is C22H24N4O4. The first-order valence-electron chi connectivity index (χ1n) is 9.56. The van der Waals surface area contributed by atoms with Gasteiger partial charge in [0.25, 0.3) is 11.6 Å². The molecule has 3 rings (SSSR count). The molecule has 0 unspecified atom stereocenters. The number of hydrogen-bond donors (Lipinski definition) is 1. The van der Waals surface area contributed by atoms with Gasteiger partial charge in [0.1, 0.15) is 5.75 Å². The Morgan fingerprint density at radius 1 is 1.17 bits per heavy atom. The zero-order valence-electron chi connectivity index (χ0n) is 17.2. The van der Waals surface area contributed by atoms with Crippen LogP contribution in [-0.4, -0.2) is 27.2 Å². The molecule has 0 aliphatic heterocycles. The van der Waals surface area contributed by atoms with Crippen LogP contribution in [0.1, 0.15) is 28.1 Å². The van der Waals surface area contributed by atoms with E-state index in [0.29, 0.717) is 24.4 Å². The Bertz CT molecular complexity index is 1060. The summed E-state index contributed by atoms with van der Waals surface area (Å²) in [6.45, 7) is 6.39. The fourth-order valence-electron chi connectivity index (χ4n) is 3.21. The number of nitro groups is 1. The number of ether oxygens (including phenoxy) is 1. The fraction of sp³-hybridized carbons (Fsp3) is 0.273. The number of rotatable bonds is 8. The van der Waals surface area contributed by atoms with E-state index in [2.05, 4.69) is 22.5 Å². The molecule has 156 valence electrons. The maximum Gasteiger partial charge on any atom is 0.272 e. The number of carbonyl (C=O) groups excluding carboxylic acids is 1. The minimum atomic E-state index is -0.450. The summed E-state index contributed by atoms with van der Waals surface area (Å²) < 4.78 is 7.39. The molecule has 2 aromatic carbocycles. The van der Waals surface area contributed by atoms with Crippen LogP contribution in [0.4, 0.5) is 5.69 Å². The first kappa shape index (κ1) is 21.0. The average Bonchev–Trinajstić information content (AvgIpc) is 2.98. The van der Waals surface area contributed by atoms with Crippen molar-refractivity contribution in [3.05, 3.63) is 86.7 Å². The lowest BCUT2D eigenvalue weighted by Crippen LogP contribution is -2.28. The summed E-state index contributed by atoms with van der Waals surface area (Å²) >= 11 is 0. The number of nitrogens with zero attached hydrogens (tertiary/aromatic N) is 3. The third-order valence-corrected chi connectivity index (χ3v) is 4.90. The van der Waals surface area contributed by atoms with Crippen LogP contribution in [0.15, 0.2) is 48.5 Å². The van der Waals surface area contributed by atoms with E-state index in [9.17, 15) is 14.9 Å². The molecule has 0 aliphatic rings. The third-order valence-electron chi connectivity index (χ3n) is 4.90. The Labute approximate surface area is 174 Å². The monoisotopic (exact) mass is 408 g/mol. The van der Waals surface area contributed by atoms with Crippen molar-refractivity contribution in [1.82, 2.24) is 15.1 Å². The second-order valence-electron chi connectivity index (χ2n) is 7.06. The molecule has 1 N–H and O–H groups in total. The average molecular weight is 408 g/mol. The largest absolute Gasteiger partial charge is 0.484 e. The van der Waals surface area contributed by atoms with Crippen molar-refractivity contribution in [2.24, 2.45) is 0 Å². The Balaban J connectivity index is 1.56. The van der Waals surface area contributed by atoms with Crippen LogP contribution in [-0.2, 0) is 17.9 Å². The molecule has 1 heterocycles. The maximum absolute atomic E-state index is 12.2. The molecule has 1 amide bonds. The zero-order chi connectivity index (χ0) is 21.7. The van der Waals surface area contributed by atoms with Crippen LogP contribution >= 0.6 is 0 Å². The first-order chi connectivity index (χ1) is 14.3. The summed E-state index contributed by atoms with van der Waals surface area (Å²) in [6.07, 6.45) is 0. The molecule has 0 saturated carbocycles. The molecule has 3 aromatic rings. The lowest BCUT2D eigenvalue weighted by Gasteiger charge is -2.09. The van der Waals surface area contributed by atoms with Gasteiger partial charge in [-0.2, -0.15) is 5.10 Å². The number of nitrogens with one attached hydrogen (secondary N) is 1. The number of benzene rings is 2. The third kappa shape index (κ3) is 5.02. The van der Waals surface area contributed by atoms with Gasteiger partial charge in [-0.05, 0) is 38.5 Å². The van der Waals surface area contributed by atoms with Crippen LogP contribution in [0.5, 0.6) is 5.75 Å². The number of aromatic nitrogens is 2. The predicted molar refractivity (Wildman–Crippen MR) is 112 cm³/mol. The lowest BCUT2D eigenvalue weighted by atomic mass is 10.2. The molecule has 1 aromatic heterocycles. The van der Waals surface area contributed by atoms with Crippen molar-refractivity contribution in [2.45, 2.75) is 33.9 Å². The topological polar surface area (TPSA) is 99.3 Å². The van der Waals surface area contributed by atoms with Gasteiger partial charge < -0.3 is 10.1 Å². The van der Waals surface area contributed by atoms with Crippen LogP contribution in [0.3, 0.4) is 0 Å². The number of amides is 1. The molecule has 0 saturated heterocycles. The van der Waals surface area contributed by atoms with Crippen molar-refractivity contribution >= 4 is 11.6 Å². The van der Waals surface area contributed by atoms with Crippen molar-refractivity contribution in [1.29, 1.82) is 0 Å². The van der Waals surface area contributed by atoms with E-state index >= 15 is 0 Å². The Morgan fingerprint density at radius 3 is 2.57 bits per heavy atom. The van der Waals surface area contributed by atoms with Gasteiger partial charge in [0, 0.05) is 29.4 Å². The second-order valence-corrected chi connectivity index (χ2v) is 7.06. The van der Waals surface area contributed by atoms with Crippen molar-refractivity contribution in [3.63, 3.8) is 0 Å². The van der Waals surface area contributed by atoms with Gasteiger partial charge in [0.15, 0.2) is 6.61 Å². The highest BCUT2D eigenvalue weighted by atomic mass is 16.6. The predicted octanol–water partition coefficient (Wildman–Crippen LogP) is 3.46. The van der Waals surface area contributed by atoms with E-state index in [0.717, 1.165) is 22.5 Å². The second kappa shape index (κ2) is 9.21. The molecule has 8 nitrogen and oxygen atoms in total. The minimum Gasteiger partial charge on any atom is -0.484 e. The Hall–Kier alpha value is -3.68. The fourth-order valence-corrected chi connectivity index (χ4v) is 3.21. The van der Waals surface area contributed by atoms with Gasteiger partial charge in [0.2, 0.25) is 0 Å². The number of aryl methyl sites for hydroxylation is 2. The summed E-state index contributed by atoms with van der Waals surface area (Å²) in [6, 6.07) is 14.5. The van der Waals surface area contributed by atoms with Crippen molar-refractivity contribution in [2.75, 3.05) is 6.61 Å². The summed E-state index contributed by atoms with van der Waals surface area (Å²) in [5.41, 5.74) is 4.51. The van der Waals surface area contributed by atoms with Crippen molar-refractivity contribution < 1.29 is 14.5 Å². The van der Waals surface area contributed by atoms with E-state index in [1.54, 1.807) is 13.0 Å². The van der Waals surface area contributed by atoms with Gasteiger partial charge in [-0.1, -0.05) is 30.3 Å². The van der Waals surface area contributed by atoms with Crippen LogP contribution in [0.25, 0.3) is 0 Å². The molecule has 0 aliphatic carbocycles. The van der Waals surface area contributed by atoms with Gasteiger partial charge in [-0.25, -0.2) is 0 Å². The quantitative estimate of drug-likeness (QED) is 0.455. The number of nitro benzene ring substituents is 1. The van der Waals surface area contributed by atoms with E-state index in [-0.39, 0.29) is 18.2 Å². The normalized spacial score (nSPS) is 10.6. The van der Waals surface area contributed by atoms with Crippen LogP contribution in [0, 0.1) is 30.9 Å². The molecule has 0 fully saturated rings. The van der Waals surface area contributed by atoms with E-state index in [4.69, 9.17) is 4.74 Å². The Morgan fingerprint density at radius 2 is 1.90 bits per heavy atom. The highest BCUT2D eigenvalue weighted by Gasteiger charge is 2.14. The minimum absolute atomic E-state index is 0.0188. The molecule has 0 atom stereocenters. The maximum atomic E-state index is 12.2. The highest BCUT2D eigenvalue weighted by molar-refractivity contribution is 5.77. The highest BCUT2D eigenvalue weighted by Crippen LogP contribution is 2.23. The number of carbonyl (C=O) groups is 1. The van der Waals surface area contributed by atoms with Crippen LogP contribution in [0.2, 0.25) is 0 Å².